The third-order valence-corrected chi connectivity index (χ3v) is 8.97. The fourth-order valence-corrected chi connectivity index (χ4v) is 7.15. The average Bonchev–Trinajstić information content (AvgIpc) is 3.70. The van der Waals surface area contributed by atoms with E-state index in [2.05, 4.69) is 167 Å². The van der Waals surface area contributed by atoms with E-state index in [1.165, 1.54) is 56.1 Å². The zero-order valence-corrected chi connectivity index (χ0v) is 23.4. The van der Waals surface area contributed by atoms with Gasteiger partial charge in [0.2, 0.25) is 0 Å². The van der Waals surface area contributed by atoms with Crippen molar-refractivity contribution >= 4 is 22.7 Å². The quantitative estimate of drug-likeness (QED) is 0.230. The van der Waals surface area contributed by atoms with Gasteiger partial charge in [-0.3, -0.25) is 0 Å². The van der Waals surface area contributed by atoms with Gasteiger partial charge in [-0.15, -0.1) is 0 Å². The van der Waals surface area contributed by atoms with Gasteiger partial charge in [-0.25, -0.2) is 0 Å². The molecule has 2 heterocycles. The monoisotopic (exact) mass is 532 g/mol. The molecule has 0 atom stereocenters. The minimum absolute atomic E-state index is 0.445. The Balaban J connectivity index is 1.38. The van der Waals surface area contributed by atoms with Gasteiger partial charge in [0.05, 0.1) is 30.1 Å². The van der Waals surface area contributed by atoms with E-state index in [0.29, 0.717) is 0 Å². The molecule has 5 aromatic rings. The van der Waals surface area contributed by atoms with Crippen molar-refractivity contribution in [3.05, 3.63) is 156 Å². The number of rotatable bonds is 4. The van der Waals surface area contributed by atoms with Crippen LogP contribution in [0.4, 0.5) is 22.7 Å². The number of hydrogen-bond donors (Lipinski definition) is 0. The number of para-hydroxylation sites is 2. The fraction of sp³-hybridized carbons (Fsp3) is 0.135. The number of hydrogen-bond acceptors (Lipinski definition) is 4. The molecule has 0 radical (unpaired) electrons. The van der Waals surface area contributed by atoms with Gasteiger partial charge in [-0.05, 0) is 69.8 Å². The molecule has 5 aromatic carbocycles. The maximum absolute atomic E-state index is 2.43. The topological polar surface area (TPSA) is 13.0 Å². The number of anilines is 4. The molecule has 0 aromatic heterocycles. The van der Waals surface area contributed by atoms with Gasteiger partial charge in [-0.1, -0.05) is 84.9 Å². The van der Waals surface area contributed by atoms with E-state index in [9.17, 15) is 0 Å². The van der Waals surface area contributed by atoms with Crippen LogP contribution in [0.15, 0.2) is 134 Å². The lowest BCUT2D eigenvalue weighted by molar-refractivity contribution is 0.495. The van der Waals surface area contributed by atoms with Crippen LogP contribution in [0.2, 0.25) is 0 Å². The van der Waals surface area contributed by atoms with Gasteiger partial charge in [0.15, 0.2) is 0 Å². The molecule has 3 aliphatic rings. The van der Waals surface area contributed by atoms with Crippen molar-refractivity contribution in [2.75, 3.05) is 42.1 Å². The summed E-state index contributed by atoms with van der Waals surface area (Å²) in [5, 5.41) is 0. The van der Waals surface area contributed by atoms with Crippen LogP contribution >= 0.6 is 0 Å². The summed E-state index contributed by atoms with van der Waals surface area (Å²) in [5.74, 6) is 0. The Kier molecular flexibility index (Phi) is 5.26. The molecule has 0 N–H and O–H groups in total. The van der Waals surface area contributed by atoms with Gasteiger partial charge in [0.25, 0.3) is 0 Å². The average molecular weight is 533 g/mol. The summed E-state index contributed by atoms with van der Waals surface area (Å²) in [4.78, 5) is 9.27. The van der Waals surface area contributed by atoms with Crippen molar-refractivity contribution in [2.24, 2.45) is 0 Å². The minimum atomic E-state index is -0.445. The van der Waals surface area contributed by atoms with Crippen LogP contribution in [0.3, 0.4) is 0 Å². The summed E-state index contributed by atoms with van der Waals surface area (Å²) in [6, 6.07) is 45.0. The largest absolute Gasteiger partial charge is 0.361 e. The van der Waals surface area contributed by atoms with Gasteiger partial charge >= 0.3 is 0 Å². The zero-order chi connectivity index (χ0) is 27.6. The zero-order valence-electron chi connectivity index (χ0n) is 23.4. The highest BCUT2D eigenvalue weighted by molar-refractivity contribution is 5.88. The third kappa shape index (κ3) is 3.47. The molecule has 0 fully saturated rings. The summed E-state index contributed by atoms with van der Waals surface area (Å²) >= 11 is 0. The first-order valence-electron chi connectivity index (χ1n) is 14.3. The molecule has 0 amide bonds. The number of benzene rings is 5. The van der Waals surface area contributed by atoms with Crippen LogP contribution in [0, 0.1) is 0 Å². The molecule has 0 saturated carbocycles. The lowest BCUT2D eigenvalue weighted by Gasteiger charge is -2.35. The Labute approximate surface area is 242 Å². The molecule has 2 aliphatic heterocycles. The minimum Gasteiger partial charge on any atom is -0.361 e. The van der Waals surface area contributed by atoms with Gasteiger partial charge in [-0.2, -0.15) is 0 Å². The molecule has 0 saturated heterocycles. The van der Waals surface area contributed by atoms with Gasteiger partial charge in [0.1, 0.15) is 0 Å². The first-order chi connectivity index (χ1) is 20.1. The summed E-state index contributed by atoms with van der Waals surface area (Å²) in [5.41, 5.74) is 12.3. The smallest absolute Gasteiger partial charge is 0.0950 e. The highest BCUT2D eigenvalue weighted by atomic mass is 15.4. The predicted octanol–water partition coefficient (Wildman–Crippen LogP) is 7.78. The Hall–Kier alpha value is -4.96. The summed E-state index contributed by atoms with van der Waals surface area (Å²) in [6.07, 6.45) is 4.31. The lowest BCUT2D eigenvalue weighted by atomic mass is 9.67. The fourth-order valence-electron chi connectivity index (χ4n) is 7.15. The lowest BCUT2D eigenvalue weighted by Crippen LogP contribution is -2.30. The number of fused-ring (bicyclic) bond motifs is 4. The molecule has 0 unspecified atom stereocenters. The van der Waals surface area contributed by atoms with E-state index in [4.69, 9.17) is 0 Å². The van der Waals surface area contributed by atoms with E-state index in [-0.39, 0.29) is 0 Å². The molecule has 8 rings (SSSR count). The molecule has 4 nitrogen and oxygen atoms in total. The molecule has 0 spiro atoms. The normalized spacial score (nSPS) is 16.2. The summed E-state index contributed by atoms with van der Waals surface area (Å²) < 4.78 is 0. The van der Waals surface area contributed by atoms with Crippen molar-refractivity contribution in [1.82, 2.24) is 4.90 Å². The Morgan fingerprint density at radius 1 is 0.537 bits per heavy atom. The van der Waals surface area contributed by atoms with Crippen LogP contribution in [-0.4, -0.2) is 32.3 Å². The summed E-state index contributed by atoms with van der Waals surface area (Å²) in [6.45, 7) is 1.67. The second-order valence-electron chi connectivity index (χ2n) is 11.4. The highest BCUT2D eigenvalue weighted by Gasteiger charge is 2.46. The second kappa shape index (κ2) is 9.03. The van der Waals surface area contributed by atoms with E-state index in [1.54, 1.807) is 0 Å². The van der Waals surface area contributed by atoms with Crippen molar-refractivity contribution in [3.8, 4) is 11.1 Å². The van der Waals surface area contributed by atoms with Crippen LogP contribution in [0.5, 0.6) is 0 Å². The predicted molar refractivity (Wildman–Crippen MR) is 170 cm³/mol. The number of nitrogens with zero attached hydrogens (tertiary/aromatic N) is 4. The Morgan fingerprint density at radius 3 is 1.78 bits per heavy atom. The SMILES string of the molecule is CN1C=CN(c2cccc(C3(c4cccc(N5CN(C)c6ccccc65)c4)c4ccccc4-c4ccccc43)c2)C1. The van der Waals surface area contributed by atoms with Crippen molar-refractivity contribution in [2.45, 2.75) is 5.41 Å². The van der Waals surface area contributed by atoms with Crippen LogP contribution < -0.4 is 14.7 Å². The molecule has 1 aliphatic carbocycles. The van der Waals surface area contributed by atoms with Crippen LogP contribution in [0.25, 0.3) is 11.1 Å². The molecular formula is C37H32N4. The second-order valence-corrected chi connectivity index (χ2v) is 11.4. The molecule has 200 valence electrons. The van der Waals surface area contributed by atoms with Crippen molar-refractivity contribution in [1.29, 1.82) is 0 Å². The maximum Gasteiger partial charge on any atom is 0.0950 e. The van der Waals surface area contributed by atoms with Gasteiger partial charge < -0.3 is 19.6 Å². The summed E-state index contributed by atoms with van der Waals surface area (Å²) in [7, 11) is 4.29. The van der Waals surface area contributed by atoms with E-state index < -0.39 is 5.41 Å². The first kappa shape index (κ1) is 23.9. The van der Waals surface area contributed by atoms with Crippen LogP contribution in [-0.2, 0) is 5.41 Å². The van der Waals surface area contributed by atoms with E-state index in [0.717, 1.165) is 13.3 Å². The van der Waals surface area contributed by atoms with Gasteiger partial charge in [0, 0.05) is 37.9 Å². The first-order valence-corrected chi connectivity index (χ1v) is 14.3. The molecule has 0 bridgehead atoms. The Morgan fingerprint density at radius 2 is 1.12 bits per heavy atom. The maximum atomic E-state index is 2.43. The van der Waals surface area contributed by atoms with Crippen molar-refractivity contribution in [3.63, 3.8) is 0 Å². The molecule has 4 heteroatoms. The standard InChI is InChI=1S/C37H32N4/c1-38-21-22-40(25-38)29-13-9-11-27(23-29)37(33-17-5-3-15-31(33)32-16-4-6-18-34(32)37)28-12-10-14-30(24-28)41-26-39(2)35-19-7-8-20-36(35)41/h3-24H,25-26H2,1-2H3. The van der Waals surface area contributed by atoms with Crippen LogP contribution in [0.1, 0.15) is 22.3 Å². The van der Waals surface area contributed by atoms with E-state index >= 15 is 0 Å². The van der Waals surface area contributed by atoms with E-state index in [1.807, 2.05) is 0 Å². The highest BCUT2D eigenvalue weighted by Crippen LogP contribution is 2.57. The van der Waals surface area contributed by atoms with Crippen molar-refractivity contribution < 1.29 is 0 Å². The Bertz CT molecular complexity index is 1780. The molecule has 41 heavy (non-hydrogen) atoms. The molecular weight excluding hydrogens is 500 g/mol. The third-order valence-electron chi connectivity index (χ3n) is 8.97.